The number of thioether (sulfide) groups is 1. The van der Waals surface area contributed by atoms with Gasteiger partial charge in [-0.05, 0) is 12.5 Å². The number of carbonyl (C=O) groups excluding carboxylic acids is 1. The number of benzene rings is 1. The molecule has 0 aliphatic carbocycles. The number of rotatable bonds is 6. The van der Waals surface area contributed by atoms with E-state index in [0.717, 1.165) is 42.8 Å². The first-order chi connectivity index (χ1) is 12.1. The molecule has 132 valence electrons. The quantitative estimate of drug-likeness (QED) is 0.794. The zero-order valence-corrected chi connectivity index (χ0v) is 15.2. The molecule has 0 radical (unpaired) electrons. The zero-order chi connectivity index (χ0) is 17.6. The van der Waals surface area contributed by atoms with Crippen molar-refractivity contribution in [3.8, 4) is 0 Å². The van der Waals surface area contributed by atoms with Crippen LogP contribution in [0.1, 0.15) is 12.5 Å². The fourth-order valence-electron chi connectivity index (χ4n) is 2.81. The first kappa shape index (κ1) is 17.7. The molecule has 1 unspecified atom stereocenters. The van der Waals surface area contributed by atoms with Crippen LogP contribution in [0.2, 0.25) is 0 Å². The lowest BCUT2D eigenvalue weighted by Crippen LogP contribution is -2.53. The molecular formula is C18H23N5OS. The van der Waals surface area contributed by atoms with Crippen molar-refractivity contribution in [2.24, 2.45) is 5.73 Å². The van der Waals surface area contributed by atoms with E-state index in [1.165, 1.54) is 5.56 Å². The van der Waals surface area contributed by atoms with Crippen LogP contribution < -0.4 is 10.6 Å². The van der Waals surface area contributed by atoms with Crippen LogP contribution in [-0.4, -0.2) is 53.0 Å². The fourth-order valence-corrected chi connectivity index (χ4v) is 3.61. The van der Waals surface area contributed by atoms with E-state index in [1.807, 2.05) is 31.3 Å². The minimum Gasteiger partial charge on any atom is -0.368 e. The standard InChI is InChI=1S/C18H23N5OS/c1-14(18(19)24)22-7-9-23(10-8-22)16-11-20-12-17(21-16)25-13-15-5-3-2-4-6-15/h2-6,11-12,14H,7-10,13H2,1H3,(H2,19,24). The molecule has 1 aliphatic heterocycles. The summed E-state index contributed by atoms with van der Waals surface area (Å²) < 4.78 is 0. The van der Waals surface area contributed by atoms with Gasteiger partial charge in [0.1, 0.15) is 10.8 Å². The minimum absolute atomic E-state index is 0.221. The summed E-state index contributed by atoms with van der Waals surface area (Å²) in [6, 6.07) is 10.1. The predicted molar refractivity (Wildman–Crippen MR) is 100 cm³/mol. The van der Waals surface area contributed by atoms with E-state index in [1.54, 1.807) is 18.0 Å². The summed E-state index contributed by atoms with van der Waals surface area (Å²) in [4.78, 5) is 24.7. The molecule has 1 atom stereocenters. The Hall–Kier alpha value is -2.12. The minimum atomic E-state index is -0.271. The number of anilines is 1. The topological polar surface area (TPSA) is 75.4 Å². The van der Waals surface area contributed by atoms with Crippen LogP contribution >= 0.6 is 11.8 Å². The number of aromatic nitrogens is 2. The van der Waals surface area contributed by atoms with Crippen molar-refractivity contribution in [1.82, 2.24) is 14.9 Å². The van der Waals surface area contributed by atoms with Gasteiger partial charge in [0.25, 0.3) is 0 Å². The van der Waals surface area contributed by atoms with E-state index >= 15 is 0 Å². The maximum atomic E-state index is 11.3. The Labute approximate surface area is 152 Å². The molecule has 1 amide bonds. The van der Waals surface area contributed by atoms with E-state index in [9.17, 15) is 4.79 Å². The van der Waals surface area contributed by atoms with Crippen LogP contribution in [0.25, 0.3) is 0 Å². The molecule has 2 heterocycles. The summed E-state index contributed by atoms with van der Waals surface area (Å²) in [6.07, 6.45) is 3.61. The number of nitrogens with zero attached hydrogens (tertiary/aromatic N) is 4. The summed E-state index contributed by atoms with van der Waals surface area (Å²) in [5.41, 5.74) is 6.67. The molecule has 1 aromatic heterocycles. The molecular weight excluding hydrogens is 334 g/mol. The first-order valence-electron chi connectivity index (χ1n) is 8.40. The summed E-state index contributed by atoms with van der Waals surface area (Å²) in [5.74, 6) is 1.50. The Balaban J connectivity index is 1.58. The van der Waals surface area contributed by atoms with Gasteiger partial charge in [0.05, 0.1) is 18.4 Å². The van der Waals surface area contributed by atoms with Crippen LogP contribution in [0.3, 0.4) is 0 Å². The van der Waals surface area contributed by atoms with Gasteiger partial charge in [-0.1, -0.05) is 30.3 Å². The Morgan fingerprint density at radius 2 is 1.92 bits per heavy atom. The fraction of sp³-hybridized carbons (Fsp3) is 0.389. The van der Waals surface area contributed by atoms with Gasteiger partial charge in [0, 0.05) is 31.9 Å². The number of carbonyl (C=O) groups is 1. The SMILES string of the molecule is CC(C(N)=O)N1CCN(c2cncc(SCc3ccccc3)n2)CC1. The van der Waals surface area contributed by atoms with Crippen LogP contribution in [0.5, 0.6) is 0 Å². The van der Waals surface area contributed by atoms with Crippen LogP contribution in [-0.2, 0) is 10.5 Å². The highest BCUT2D eigenvalue weighted by Crippen LogP contribution is 2.23. The first-order valence-corrected chi connectivity index (χ1v) is 9.39. The molecule has 2 N–H and O–H groups in total. The van der Waals surface area contributed by atoms with E-state index in [0.29, 0.717) is 0 Å². The number of nitrogens with two attached hydrogens (primary N) is 1. The van der Waals surface area contributed by atoms with Crippen molar-refractivity contribution in [2.75, 3.05) is 31.1 Å². The molecule has 3 rings (SSSR count). The van der Waals surface area contributed by atoms with E-state index < -0.39 is 0 Å². The van der Waals surface area contributed by atoms with Crippen molar-refractivity contribution < 1.29 is 4.79 Å². The Bertz CT molecular complexity index is 704. The normalized spacial score (nSPS) is 16.6. The molecule has 0 saturated carbocycles. The van der Waals surface area contributed by atoms with Crippen molar-refractivity contribution in [1.29, 1.82) is 0 Å². The molecule has 7 heteroatoms. The maximum absolute atomic E-state index is 11.3. The summed E-state index contributed by atoms with van der Waals surface area (Å²) in [6.45, 7) is 5.09. The van der Waals surface area contributed by atoms with Crippen molar-refractivity contribution in [3.05, 3.63) is 48.3 Å². The molecule has 25 heavy (non-hydrogen) atoms. The van der Waals surface area contributed by atoms with Gasteiger partial charge in [-0.2, -0.15) is 0 Å². The third-order valence-corrected chi connectivity index (χ3v) is 5.40. The second kappa shape index (κ2) is 8.31. The number of hydrogen-bond acceptors (Lipinski definition) is 6. The average Bonchev–Trinajstić information content (AvgIpc) is 2.67. The maximum Gasteiger partial charge on any atom is 0.234 e. The Morgan fingerprint density at radius 3 is 2.60 bits per heavy atom. The van der Waals surface area contributed by atoms with Gasteiger partial charge in [0.2, 0.25) is 5.91 Å². The van der Waals surface area contributed by atoms with Gasteiger partial charge in [-0.3, -0.25) is 14.7 Å². The molecule has 1 saturated heterocycles. The average molecular weight is 357 g/mol. The van der Waals surface area contributed by atoms with Crippen molar-refractivity contribution >= 4 is 23.5 Å². The number of amides is 1. The van der Waals surface area contributed by atoms with Gasteiger partial charge in [0.15, 0.2) is 0 Å². The molecule has 1 aromatic carbocycles. The molecule has 1 aliphatic rings. The summed E-state index contributed by atoms with van der Waals surface area (Å²) >= 11 is 1.69. The van der Waals surface area contributed by atoms with E-state index in [-0.39, 0.29) is 11.9 Å². The third-order valence-electron chi connectivity index (χ3n) is 4.43. The Kier molecular flexibility index (Phi) is 5.88. The van der Waals surface area contributed by atoms with Crippen molar-refractivity contribution in [3.63, 3.8) is 0 Å². The highest BCUT2D eigenvalue weighted by Gasteiger charge is 2.24. The highest BCUT2D eigenvalue weighted by molar-refractivity contribution is 7.98. The largest absolute Gasteiger partial charge is 0.368 e. The predicted octanol–water partition coefficient (Wildman–Crippen LogP) is 1.76. The molecule has 2 aromatic rings. The van der Waals surface area contributed by atoms with Crippen molar-refractivity contribution in [2.45, 2.75) is 23.7 Å². The third kappa shape index (κ3) is 4.70. The van der Waals surface area contributed by atoms with E-state index in [4.69, 9.17) is 10.7 Å². The number of hydrogen-bond donors (Lipinski definition) is 1. The lowest BCUT2D eigenvalue weighted by Gasteiger charge is -2.37. The van der Waals surface area contributed by atoms with Crippen LogP contribution in [0.4, 0.5) is 5.82 Å². The number of piperazine rings is 1. The second-order valence-corrected chi connectivity index (χ2v) is 7.09. The van der Waals surface area contributed by atoms with Gasteiger partial charge in [-0.25, -0.2) is 4.98 Å². The molecule has 0 bridgehead atoms. The summed E-state index contributed by atoms with van der Waals surface area (Å²) in [5, 5.41) is 0.925. The second-order valence-electron chi connectivity index (χ2n) is 6.09. The number of primary amides is 1. The van der Waals surface area contributed by atoms with Gasteiger partial charge >= 0.3 is 0 Å². The highest BCUT2D eigenvalue weighted by atomic mass is 32.2. The van der Waals surface area contributed by atoms with Gasteiger partial charge < -0.3 is 10.6 Å². The Morgan fingerprint density at radius 1 is 1.20 bits per heavy atom. The molecule has 1 fully saturated rings. The zero-order valence-electron chi connectivity index (χ0n) is 14.3. The van der Waals surface area contributed by atoms with Crippen LogP contribution in [0.15, 0.2) is 47.8 Å². The smallest absolute Gasteiger partial charge is 0.234 e. The molecule has 6 nitrogen and oxygen atoms in total. The van der Waals surface area contributed by atoms with Gasteiger partial charge in [-0.15, -0.1) is 11.8 Å². The lowest BCUT2D eigenvalue weighted by molar-refractivity contribution is -0.122. The van der Waals surface area contributed by atoms with E-state index in [2.05, 4.69) is 26.9 Å². The molecule has 0 spiro atoms. The van der Waals surface area contributed by atoms with Crippen LogP contribution in [0, 0.1) is 0 Å². The lowest BCUT2D eigenvalue weighted by atomic mass is 10.2. The summed E-state index contributed by atoms with van der Waals surface area (Å²) in [7, 11) is 0. The monoisotopic (exact) mass is 357 g/mol.